The van der Waals surface area contributed by atoms with Gasteiger partial charge in [-0.05, 0) is 38.8 Å². The fourth-order valence-electron chi connectivity index (χ4n) is 2.32. The monoisotopic (exact) mass is 247 g/mol. The maximum Gasteiger partial charge on any atom is 0.322 e. The van der Waals surface area contributed by atoms with Crippen molar-refractivity contribution >= 4 is 11.7 Å². The number of carbonyl (C=O) groups excluding carboxylic acids is 1. The van der Waals surface area contributed by atoms with Crippen molar-refractivity contribution in [3.05, 3.63) is 30.3 Å². The molecule has 1 unspecified atom stereocenters. The van der Waals surface area contributed by atoms with E-state index in [0.29, 0.717) is 6.54 Å². The molecule has 1 aromatic rings. The zero-order valence-corrected chi connectivity index (χ0v) is 11.0. The van der Waals surface area contributed by atoms with Crippen molar-refractivity contribution in [1.82, 2.24) is 4.90 Å². The Morgan fingerprint density at radius 3 is 2.72 bits per heavy atom. The molecule has 0 spiro atoms. The van der Waals surface area contributed by atoms with Gasteiger partial charge in [0.05, 0.1) is 0 Å². The van der Waals surface area contributed by atoms with Gasteiger partial charge in [-0.15, -0.1) is 0 Å². The summed E-state index contributed by atoms with van der Waals surface area (Å²) < 4.78 is 0. The van der Waals surface area contributed by atoms with Crippen LogP contribution >= 0.6 is 0 Å². The number of hydrogen-bond donors (Lipinski definition) is 2. The summed E-state index contributed by atoms with van der Waals surface area (Å²) in [7, 11) is 0. The fraction of sp³-hybridized carbons (Fsp3) is 0.500. The van der Waals surface area contributed by atoms with E-state index in [-0.39, 0.29) is 17.6 Å². The minimum atomic E-state index is -0.130. The number of urea groups is 1. The van der Waals surface area contributed by atoms with Gasteiger partial charge >= 0.3 is 6.03 Å². The van der Waals surface area contributed by atoms with E-state index in [9.17, 15) is 4.79 Å². The maximum atomic E-state index is 12.3. The van der Waals surface area contributed by atoms with E-state index in [1.807, 2.05) is 35.2 Å². The Balaban J connectivity index is 2.07. The number of rotatable bonds is 1. The van der Waals surface area contributed by atoms with E-state index >= 15 is 0 Å². The SMILES string of the molecule is CC1(C)CCC(N)CN1C(=O)Nc1ccccc1. The van der Waals surface area contributed by atoms with Gasteiger partial charge in [0.25, 0.3) is 0 Å². The van der Waals surface area contributed by atoms with Gasteiger partial charge in [-0.1, -0.05) is 18.2 Å². The van der Waals surface area contributed by atoms with Gasteiger partial charge in [-0.25, -0.2) is 4.79 Å². The molecule has 1 fully saturated rings. The fourth-order valence-corrected chi connectivity index (χ4v) is 2.32. The Labute approximate surface area is 108 Å². The normalized spacial score (nSPS) is 22.6. The van der Waals surface area contributed by atoms with Gasteiger partial charge in [-0.2, -0.15) is 0 Å². The van der Waals surface area contributed by atoms with Crippen molar-refractivity contribution in [3.8, 4) is 0 Å². The minimum absolute atomic E-state index is 0.0682. The highest BCUT2D eigenvalue weighted by atomic mass is 16.2. The molecule has 1 aliphatic heterocycles. The Hall–Kier alpha value is -1.55. The van der Waals surface area contributed by atoms with Crippen LogP contribution in [-0.4, -0.2) is 29.1 Å². The van der Waals surface area contributed by atoms with Gasteiger partial charge in [0.2, 0.25) is 0 Å². The van der Waals surface area contributed by atoms with Crippen molar-refractivity contribution in [3.63, 3.8) is 0 Å². The molecule has 2 rings (SSSR count). The molecule has 4 nitrogen and oxygen atoms in total. The molecular formula is C14H21N3O. The standard InChI is InChI=1S/C14H21N3O/c1-14(2)9-8-11(15)10-17(14)13(18)16-12-6-4-3-5-7-12/h3-7,11H,8-10,15H2,1-2H3,(H,16,18). The number of amides is 2. The van der Waals surface area contributed by atoms with Crippen molar-refractivity contribution in [2.75, 3.05) is 11.9 Å². The van der Waals surface area contributed by atoms with Crippen molar-refractivity contribution in [2.45, 2.75) is 38.3 Å². The molecule has 1 atom stereocenters. The summed E-state index contributed by atoms with van der Waals surface area (Å²) >= 11 is 0. The molecule has 1 aromatic carbocycles. The van der Waals surface area contributed by atoms with E-state index in [2.05, 4.69) is 19.2 Å². The van der Waals surface area contributed by atoms with Gasteiger partial charge in [-0.3, -0.25) is 0 Å². The number of hydrogen-bond acceptors (Lipinski definition) is 2. The summed E-state index contributed by atoms with van der Waals surface area (Å²) in [5.74, 6) is 0. The lowest BCUT2D eigenvalue weighted by molar-refractivity contribution is 0.102. The summed E-state index contributed by atoms with van der Waals surface area (Å²) in [5.41, 5.74) is 6.64. The van der Waals surface area contributed by atoms with E-state index in [0.717, 1.165) is 18.5 Å². The van der Waals surface area contributed by atoms with E-state index in [1.54, 1.807) is 0 Å². The molecule has 98 valence electrons. The molecule has 1 aliphatic rings. The molecule has 4 heteroatoms. The van der Waals surface area contributed by atoms with Crippen molar-refractivity contribution in [2.24, 2.45) is 5.73 Å². The summed E-state index contributed by atoms with van der Waals surface area (Å²) in [5, 5.41) is 2.92. The predicted molar refractivity (Wildman–Crippen MR) is 73.5 cm³/mol. The van der Waals surface area contributed by atoms with Crippen LogP contribution in [0.1, 0.15) is 26.7 Å². The third-order valence-corrected chi connectivity index (χ3v) is 3.54. The van der Waals surface area contributed by atoms with E-state index in [4.69, 9.17) is 5.73 Å². The number of piperidine rings is 1. The first kappa shape index (κ1) is 12.9. The summed E-state index contributed by atoms with van der Waals surface area (Å²) in [6.45, 7) is 4.79. The molecule has 0 saturated carbocycles. The van der Waals surface area contributed by atoms with Gasteiger partial charge in [0.15, 0.2) is 0 Å². The van der Waals surface area contributed by atoms with Crippen LogP contribution in [0.25, 0.3) is 0 Å². The van der Waals surface area contributed by atoms with Crippen molar-refractivity contribution < 1.29 is 4.79 Å². The molecule has 0 bridgehead atoms. The van der Waals surface area contributed by atoms with Gasteiger partial charge in [0.1, 0.15) is 0 Å². The van der Waals surface area contributed by atoms with Crippen LogP contribution in [0, 0.1) is 0 Å². The number of para-hydroxylation sites is 1. The third-order valence-electron chi connectivity index (χ3n) is 3.54. The highest BCUT2D eigenvalue weighted by Crippen LogP contribution is 2.27. The highest BCUT2D eigenvalue weighted by Gasteiger charge is 2.36. The topological polar surface area (TPSA) is 58.4 Å². The number of anilines is 1. The van der Waals surface area contributed by atoms with Crippen LogP contribution < -0.4 is 11.1 Å². The second kappa shape index (κ2) is 4.98. The Morgan fingerprint density at radius 2 is 2.06 bits per heavy atom. The molecule has 0 aromatic heterocycles. The van der Waals surface area contributed by atoms with Gasteiger partial charge in [0, 0.05) is 23.8 Å². The van der Waals surface area contributed by atoms with E-state index in [1.165, 1.54) is 0 Å². The van der Waals surface area contributed by atoms with Crippen molar-refractivity contribution in [1.29, 1.82) is 0 Å². The second-order valence-corrected chi connectivity index (χ2v) is 5.52. The molecule has 0 radical (unpaired) electrons. The Bertz CT molecular complexity index is 416. The number of nitrogens with one attached hydrogen (secondary N) is 1. The van der Waals surface area contributed by atoms with E-state index < -0.39 is 0 Å². The lowest BCUT2D eigenvalue weighted by Gasteiger charge is -2.44. The summed E-state index contributed by atoms with van der Waals surface area (Å²) in [6.07, 6.45) is 1.92. The smallest absolute Gasteiger partial charge is 0.322 e. The lowest BCUT2D eigenvalue weighted by Crippen LogP contribution is -2.57. The predicted octanol–water partition coefficient (Wildman–Crippen LogP) is 2.42. The molecule has 3 N–H and O–H groups in total. The van der Waals surface area contributed by atoms with Crippen LogP contribution in [0.5, 0.6) is 0 Å². The number of carbonyl (C=O) groups is 1. The molecule has 18 heavy (non-hydrogen) atoms. The molecule has 2 amide bonds. The minimum Gasteiger partial charge on any atom is -0.326 e. The van der Waals surface area contributed by atoms with Gasteiger partial charge < -0.3 is 16.0 Å². The quantitative estimate of drug-likeness (QED) is 0.800. The summed E-state index contributed by atoms with van der Waals surface area (Å²) in [6, 6.07) is 9.52. The molecular weight excluding hydrogens is 226 g/mol. The van der Waals surface area contributed by atoms with Crippen LogP contribution in [-0.2, 0) is 0 Å². The second-order valence-electron chi connectivity index (χ2n) is 5.52. The maximum absolute atomic E-state index is 12.3. The first-order valence-electron chi connectivity index (χ1n) is 6.38. The zero-order chi connectivity index (χ0) is 13.2. The third kappa shape index (κ3) is 2.82. The Morgan fingerprint density at radius 1 is 1.39 bits per heavy atom. The average Bonchev–Trinajstić information content (AvgIpc) is 2.33. The first-order chi connectivity index (χ1) is 8.49. The molecule has 1 saturated heterocycles. The average molecular weight is 247 g/mol. The first-order valence-corrected chi connectivity index (χ1v) is 6.38. The number of likely N-dealkylation sites (tertiary alicyclic amines) is 1. The molecule has 0 aliphatic carbocycles. The van der Waals surface area contributed by atoms with Crippen LogP contribution in [0.3, 0.4) is 0 Å². The lowest BCUT2D eigenvalue weighted by atomic mass is 9.89. The largest absolute Gasteiger partial charge is 0.326 e. The van der Waals surface area contributed by atoms with Crippen LogP contribution in [0.15, 0.2) is 30.3 Å². The molecule has 1 heterocycles. The van der Waals surface area contributed by atoms with Crippen LogP contribution in [0.4, 0.5) is 10.5 Å². The highest BCUT2D eigenvalue weighted by molar-refractivity contribution is 5.89. The number of nitrogens with zero attached hydrogens (tertiary/aromatic N) is 1. The number of nitrogens with two attached hydrogens (primary N) is 1. The number of benzene rings is 1. The van der Waals surface area contributed by atoms with Crippen LogP contribution in [0.2, 0.25) is 0 Å². The zero-order valence-electron chi connectivity index (χ0n) is 11.0. The Kier molecular flexibility index (Phi) is 3.57. The summed E-state index contributed by atoms with van der Waals surface area (Å²) in [4.78, 5) is 14.1.